The van der Waals surface area contributed by atoms with Crippen molar-refractivity contribution < 1.29 is 35.8 Å². The van der Waals surface area contributed by atoms with E-state index < -0.39 is 35.4 Å². The van der Waals surface area contributed by atoms with Gasteiger partial charge in [0.1, 0.15) is 23.7 Å². The van der Waals surface area contributed by atoms with Crippen LogP contribution in [0.1, 0.15) is 68.6 Å². The summed E-state index contributed by atoms with van der Waals surface area (Å²) in [5, 5.41) is 6.26. The van der Waals surface area contributed by atoms with Crippen molar-refractivity contribution in [2.75, 3.05) is 10.6 Å². The smallest absolute Gasteiger partial charge is 0.363 e. The average Bonchev–Trinajstić information content (AvgIpc) is 3.33. The van der Waals surface area contributed by atoms with Gasteiger partial charge >= 0.3 is 12.4 Å². The maximum atomic E-state index is 13.6. The fraction of sp³-hybridized carbons (Fsp3) is 0.382. The highest BCUT2D eigenvalue weighted by Gasteiger charge is 2.44. The Morgan fingerprint density at radius 2 is 1.53 bits per heavy atom. The summed E-state index contributed by atoms with van der Waals surface area (Å²) in [6.45, 7) is 9.40. The summed E-state index contributed by atoms with van der Waals surface area (Å²) in [6, 6.07) is 13.3. The van der Waals surface area contributed by atoms with E-state index in [0.29, 0.717) is 24.2 Å². The number of pyridine rings is 1. The molecule has 2 aromatic carbocycles. The summed E-state index contributed by atoms with van der Waals surface area (Å²) in [4.78, 5) is 12.5. The molecule has 0 saturated carbocycles. The molecule has 1 fully saturated rings. The van der Waals surface area contributed by atoms with Crippen molar-refractivity contribution >= 4 is 17.3 Å². The van der Waals surface area contributed by atoms with Gasteiger partial charge in [0.25, 0.3) is 0 Å². The summed E-state index contributed by atoms with van der Waals surface area (Å²) >= 11 is 0. The van der Waals surface area contributed by atoms with Gasteiger partial charge in [-0.1, -0.05) is 38.1 Å². The summed E-state index contributed by atoms with van der Waals surface area (Å²) in [6.07, 6.45) is -6.77. The molecule has 1 saturated heterocycles. The first kappa shape index (κ1) is 34.1. The van der Waals surface area contributed by atoms with Crippen LogP contribution in [0.2, 0.25) is 0 Å². The molecule has 6 rings (SSSR count). The Hall–Kier alpha value is -4.23. The van der Waals surface area contributed by atoms with Crippen LogP contribution >= 0.6 is 0 Å². The molecule has 3 unspecified atom stereocenters. The van der Waals surface area contributed by atoms with Crippen LogP contribution in [0.4, 0.5) is 43.7 Å². The van der Waals surface area contributed by atoms with Crippen LogP contribution in [0.5, 0.6) is 0 Å². The highest BCUT2D eigenvalue weighted by Crippen LogP contribution is 2.40. The number of benzene rings is 2. The van der Waals surface area contributed by atoms with Crippen LogP contribution in [0, 0.1) is 0 Å². The van der Waals surface area contributed by atoms with E-state index in [1.54, 1.807) is 13.0 Å². The number of hydrogen-bond donors (Lipinski definition) is 2. The molecule has 2 N–H and O–H groups in total. The molecule has 0 radical (unpaired) electrons. The van der Waals surface area contributed by atoms with Crippen molar-refractivity contribution in [1.82, 2.24) is 15.0 Å². The number of alkyl halides is 6. The Balaban J connectivity index is 0.00000213. The number of anilines is 3. The molecule has 3 heterocycles. The van der Waals surface area contributed by atoms with E-state index in [2.05, 4.69) is 25.6 Å². The Morgan fingerprint density at radius 1 is 0.851 bits per heavy atom. The Kier molecular flexibility index (Phi) is 9.52. The third-order valence-electron chi connectivity index (χ3n) is 7.87. The van der Waals surface area contributed by atoms with E-state index >= 15 is 0 Å². The second-order valence-corrected chi connectivity index (χ2v) is 11.6. The SMILES string of the molecule is CC.CC(Nc1nc(C(F)(F)F)ccc1-c1cc(Nc2cccc3c2CC2OC(C)(C)OC2C3)ncn1)c1ccc(C(F)(F)F)cc1. The Bertz CT molecular complexity index is 1710. The molecule has 1 aliphatic carbocycles. The highest BCUT2D eigenvalue weighted by atomic mass is 19.4. The number of nitrogens with zero attached hydrogens (tertiary/aromatic N) is 3. The lowest BCUT2D eigenvalue weighted by Crippen LogP contribution is -2.32. The van der Waals surface area contributed by atoms with Gasteiger partial charge in [0.15, 0.2) is 5.79 Å². The number of fused-ring (bicyclic) bond motifs is 2. The van der Waals surface area contributed by atoms with Crippen LogP contribution in [0.15, 0.2) is 67.0 Å². The first-order chi connectivity index (χ1) is 22.2. The van der Waals surface area contributed by atoms with Crippen molar-refractivity contribution in [3.63, 3.8) is 0 Å². The summed E-state index contributed by atoms with van der Waals surface area (Å²) < 4.78 is 92.2. The zero-order valence-corrected chi connectivity index (χ0v) is 26.4. The molecule has 0 bridgehead atoms. The lowest BCUT2D eigenvalue weighted by molar-refractivity contribution is -0.145. The predicted octanol–water partition coefficient (Wildman–Crippen LogP) is 9.14. The lowest BCUT2D eigenvalue weighted by atomic mass is 9.86. The van der Waals surface area contributed by atoms with E-state index in [9.17, 15) is 26.3 Å². The molecular weight excluding hydrogens is 624 g/mol. The van der Waals surface area contributed by atoms with Crippen molar-refractivity contribution in [1.29, 1.82) is 0 Å². The number of ether oxygens (including phenoxy) is 2. The zero-order chi connectivity index (χ0) is 34.1. The summed E-state index contributed by atoms with van der Waals surface area (Å²) in [7, 11) is 0. The van der Waals surface area contributed by atoms with Gasteiger partial charge in [0.2, 0.25) is 0 Å². The van der Waals surface area contributed by atoms with Crippen molar-refractivity contribution in [3.8, 4) is 11.3 Å². The van der Waals surface area contributed by atoms with E-state index in [0.717, 1.165) is 35.0 Å². The van der Waals surface area contributed by atoms with E-state index in [4.69, 9.17) is 9.47 Å². The summed E-state index contributed by atoms with van der Waals surface area (Å²) in [5.41, 5.74) is 2.00. The molecule has 0 amide bonds. The third kappa shape index (κ3) is 7.68. The maximum absolute atomic E-state index is 13.6. The maximum Gasteiger partial charge on any atom is 0.433 e. The zero-order valence-electron chi connectivity index (χ0n) is 26.4. The van der Waals surface area contributed by atoms with Gasteiger partial charge in [-0.15, -0.1) is 0 Å². The van der Waals surface area contributed by atoms with Gasteiger partial charge < -0.3 is 20.1 Å². The van der Waals surface area contributed by atoms with Gasteiger partial charge in [-0.2, -0.15) is 26.3 Å². The van der Waals surface area contributed by atoms with Crippen molar-refractivity contribution in [2.24, 2.45) is 0 Å². The fourth-order valence-corrected chi connectivity index (χ4v) is 5.75. The van der Waals surface area contributed by atoms with Crippen LogP contribution in [-0.4, -0.2) is 32.9 Å². The Labute approximate surface area is 268 Å². The first-order valence-corrected chi connectivity index (χ1v) is 15.2. The molecule has 7 nitrogen and oxygen atoms in total. The fourth-order valence-electron chi connectivity index (χ4n) is 5.75. The van der Waals surface area contributed by atoms with E-state index in [1.165, 1.54) is 24.5 Å². The molecule has 2 aliphatic rings. The molecule has 0 spiro atoms. The van der Waals surface area contributed by atoms with Gasteiger partial charge in [-0.05, 0) is 67.8 Å². The van der Waals surface area contributed by atoms with Crippen LogP contribution in [0.3, 0.4) is 0 Å². The molecule has 13 heteroatoms. The van der Waals surface area contributed by atoms with Gasteiger partial charge in [-0.25, -0.2) is 15.0 Å². The van der Waals surface area contributed by atoms with Crippen LogP contribution in [-0.2, 0) is 34.7 Å². The van der Waals surface area contributed by atoms with Crippen LogP contribution < -0.4 is 10.6 Å². The van der Waals surface area contributed by atoms with Gasteiger partial charge in [0, 0.05) is 36.2 Å². The largest absolute Gasteiger partial charge is 0.433 e. The number of halogens is 6. The molecular formula is C34H35F6N5O2. The third-order valence-corrected chi connectivity index (χ3v) is 7.87. The molecule has 3 atom stereocenters. The highest BCUT2D eigenvalue weighted by molar-refractivity contribution is 5.75. The first-order valence-electron chi connectivity index (χ1n) is 15.2. The van der Waals surface area contributed by atoms with Gasteiger partial charge in [-0.3, -0.25) is 0 Å². The van der Waals surface area contributed by atoms with Crippen molar-refractivity contribution in [3.05, 3.63) is 94.9 Å². The predicted molar refractivity (Wildman–Crippen MR) is 166 cm³/mol. The van der Waals surface area contributed by atoms with Gasteiger partial charge in [0.05, 0.1) is 23.5 Å². The number of hydrogen-bond acceptors (Lipinski definition) is 7. The van der Waals surface area contributed by atoms with E-state index in [1.807, 2.05) is 45.9 Å². The second-order valence-electron chi connectivity index (χ2n) is 11.6. The molecule has 4 aromatic rings. The monoisotopic (exact) mass is 659 g/mol. The Morgan fingerprint density at radius 3 is 2.19 bits per heavy atom. The second kappa shape index (κ2) is 13.1. The minimum absolute atomic E-state index is 0.0449. The molecule has 250 valence electrons. The normalized spacial score (nSPS) is 19.1. The topological polar surface area (TPSA) is 81.2 Å². The van der Waals surface area contributed by atoms with E-state index in [-0.39, 0.29) is 29.3 Å². The molecule has 2 aromatic heterocycles. The minimum atomic E-state index is -4.72. The quantitative estimate of drug-likeness (QED) is 0.200. The number of aromatic nitrogens is 3. The molecule has 47 heavy (non-hydrogen) atoms. The van der Waals surface area contributed by atoms with Crippen LogP contribution in [0.25, 0.3) is 11.3 Å². The average molecular weight is 660 g/mol. The minimum Gasteiger partial charge on any atom is -0.363 e. The summed E-state index contributed by atoms with van der Waals surface area (Å²) in [5.74, 6) is -0.398. The lowest BCUT2D eigenvalue weighted by Gasteiger charge is -2.27. The number of nitrogens with one attached hydrogen (secondary N) is 2. The number of rotatable bonds is 6. The van der Waals surface area contributed by atoms with Crippen molar-refractivity contribution in [2.45, 2.75) is 83.8 Å². The standard InChI is InChI=1S/C32H29F6N5O2.C2H6/c1-17(18-7-9-20(10-8-18)31(33,34)35)41-29-21(11-12-27(43-29)32(36,37)38)24-15-28(40-16-39-24)42-23-6-4-5-19-13-25-26(14-22(19)23)45-30(2,3)44-25;1-2/h4-12,15-17,25-26H,13-14H2,1-3H3,(H,41,43)(H,39,40,42);1-2H3. The molecule has 1 aliphatic heterocycles.